The number of aliphatic imine (C=N–C) groups is 1. The summed E-state index contributed by atoms with van der Waals surface area (Å²) in [5, 5.41) is 0. The lowest BCUT2D eigenvalue weighted by atomic mass is 10.2. The molecule has 0 saturated carbocycles. The first-order chi connectivity index (χ1) is 16.0. The van der Waals surface area contributed by atoms with Crippen LogP contribution in [0.2, 0.25) is 0 Å². The van der Waals surface area contributed by atoms with E-state index in [-0.39, 0.29) is 17.3 Å². The molecule has 0 radical (unpaired) electrons. The highest BCUT2D eigenvalue weighted by atomic mass is 32.2. The molecule has 33 heavy (non-hydrogen) atoms. The average Bonchev–Trinajstić information content (AvgIpc) is 3.39. The molecule has 0 spiro atoms. The molecule has 0 atom stereocenters. The minimum Gasteiger partial charge on any atom is -0.493 e. The van der Waals surface area contributed by atoms with Gasteiger partial charge in [0.1, 0.15) is 12.4 Å². The van der Waals surface area contributed by atoms with Crippen molar-refractivity contribution in [3.8, 4) is 11.5 Å². The topological polar surface area (TPSA) is 68.2 Å². The summed E-state index contributed by atoms with van der Waals surface area (Å²) in [6, 6.07) is 18.1. The minimum atomic E-state index is -3.49. The second-order valence-corrected chi connectivity index (χ2v) is 9.63. The van der Waals surface area contributed by atoms with E-state index in [1.807, 2.05) is 6.07 Å². The standard InChI is InChI=1S/C25H25FN2O4S/c1-31-25-15-20(9-12-24(25)32-18-19-7-10-21(26)11-8-19)17-27-22-5-4-6-23(16-22)33(29,30)28-13-2-3-14-28/h4-12,15-17H,2-3,13-14,18H2,1H3. The van der Waals surface area contributed by atoms with E-state index in [0.717, 1.165) is 24.0 Å². The maximum Gasteiger partial charge on any atom is 0.243 e. The van der Waals surface area contributed by atoms with Crippen molar-refractivity contribution in [3.63, 3.8) is 0 Å². The van der Waals surface area contributed by atoms with Gasteiger partial charge in [0.2, 0.25) is 10.0 Å². The van der Waals surface area contributed by atoms with Gasteiger partial charge < -0.3 is 9.47 Å². The molecule has 6 nitrogen and oxygen atoms in total. The molecule has 0 aliphatic carbocycles. The molecule has 0 aromatic heterocycles. The summed E-state index contributed by atoms with van der Waals surface area (Å²) in [6.45, 7) is 1.40. The number of methoxy groups -OCH3 is 1. The van der Waals surface area contributed by atoms with Crippen molar-refractivity contribution in [2.24, 2.45) is 4.99 Å². The van der Waals surface area contributed by atoms with Crippen molar-refractivity contribution >= 4 is 21.9 Å². The Balaban J connectivity index is 1.47. The van der Waals surface area contributed by atoms with Gasteiger partial charge in [-0.05, 0) is 72.5 Å². The van der Waals surface area contributed by atoms with Gasteiger partial charge in [0.05, 0.1) is 17.7 Å². The van der Waals surface area contributed by atoms with Crippen LogP contribution in [0.3, 0.4) is 0 Å². The van der Waals surface area contributed by atoms with Gasteiger partial charge in [0, 0.05) is 19.3 Å². The number of rotatable bonds is 8. The fourth-order valence-corrected chi connectivity index (χ4v) is 5.13. The molecule has 1 aliphatic heterocycles. The summed E-state index contributed by atoms with van der Waals surface area (Å²) < 4.78 is 51.4. The van der Waals surface area contributed by atoms with Gasteiger partial charge in [-0.3, -0.25) is 4.99 Å². The summed E-state index contributed by atoms with van der Waals surface area (Å²) in [6.07, 6.45) is 3.43. The predicted molar refractivity (Wildman–Crippen MR) is 125 cm³/mol. The lowest BCUT2D eigenvalue weighted by molar-refractivity contribution is 0.284. The molecule has 0 amide bonds. The zero-order valence-corrected chi connectivity index (χ0v) is 19.1. The Labute approximate surface area is 193 Å². The van der Waals surface area contributed by atoms with Crippen molar-refractivity contribution in [1.82, 2.24) is 4.31 Å². The van der Waals surface area contributed by atoms with E-state index in [9.17, 15) is 12.8 Å². The van der Waals surface area contributed by atoms with Gasteiger partial charge >= 0.3 is 0 Å². The number of hydrogen-bond acceptors (Lipinski definition) is 5. The van der Waals surface area contributed by atoms with Crippen LogP contribution >= 0.6 is 0 Å². The zero-order valence-electron chi connectivity index (χ0n) is 18.3. The first-order valence-corrected chi connectivity index (χ1v) is 12.1. The van der Waals surface area contributed by atoms with Crippen LogP contribution in [-0.4, -0.2) is 39.1 Å². The molecular formula is C25H25FN2O4S. The average molecular weight is 469 g/mol. The van der Waals surface area contributed by atoms with Crippen molar-refractivity contribution in [1.29, 1.82) is 0 Å². The third kappa shape index (κ3) is 5.58. The predicted octanol–water partition coefficient (Wildman–Crippen LogP) is 4.95. The number of nitrogens with zero attached hydrogens (tertiary/aromatic N) is 2. The van der Waals surface area contributed by atoms with Crippen molar-refractivity contribution < 1.29 is 22.3 Å². The van der Waals surface area contributed by atoms with Crippen LogP contribution in [0.4, 0.5) is 10.1 Å². The summed E-state index contributed by atoms with van der Waals surface area (Å²) in [5.74, 6) is 0.795. The van der Waals surface area contributed by atoms with Crippen LogP contribution in [0.25, 0.3) is 0 Å². The first-order valence-electron chi connectivity index (χ1n) is 10.7. The molecule has 1 fully saturated rings. The first kappa shape index (κ1) is 22.9. The Bertz CT molecular complexity index is 1240. The lowest BCUT2D eigenvalue weighted by Crippen LogP contribution is -2.27. The molecule has 1 saturated heterocycles. The molecule has 4 rings (SSSR count). The lowest BCUT2D eigenvalue weighted by Gasteiger charge is -2.15. The molecule has 8 heteroatoms. The quantitative estimate of drug-likeness (QED) is 0.439. The normalized spacial score (nSPS) is 14.6. The molecule has 0 unspecified atom stereocenters. The van der Waals surface area contributed by atoms with E-state index in [1.165, 1.54) is 16.4 Å². The third-order valence-corrected chi connectivity index (χ3v) is 7.27. The van der Waals surface area contributed by atoms with Crippen LogP contribution < -0.4 is 9.47 Å². The van der Waals surface area contributed by atoms with Crippen LogP contribution in [0.1, 0.15) is 24.0 Å². The monoisotopic (exact) mass is 468 g/mol. The Morgan fingerprint density at radius 3 is 2.48 bits per heavy atom. The number of sulfonamides is 1. The smallest absolute Gasteiger partial charge is 0.243 e. The van der Waals surface area contributed by atoms with Gasteiger partial charge in [-0.25, -0.2) is 12.8 Å². The molecule has 172 valence electrons. The SMILES string of the molecule is COc1cc(C=Nc2cccc(S(=O)(=O)N3CCCC3)c2)ccc1OCc1ccc(F)cc1. The zero-order chi connectivity index (χ0) is 23.3. The number of halogens is 1. The second-order valence-electron chi connectivity index (χ2n) is 7.69. The Morgan fingerprint density at radius 2 is 1.76 bits per heavy atom. The number of ether oxygens (including phenoxy) is 2. The maximum absolute atomic E-state index is 13.1. The second kappa shape index (κ2) is 10.1. The molecule has 0 N–H and O–H groups in total. The number of hydrogen-bond donors (Lipinski definition) is 0. The molecule has 1 aliphatic rings. The highest BCUT2D eigenvalue weighted by molar-refractivity contribution is 7.89. The number of benzene rings is 3. The maximum atomic E-state index is 13.1. The fourth-order valence-electron chi connectivity index (χ4n) is 3.58. The van der Waals surface area contributed by atoms with Gasteiger partial charge in [0.15, 0.2) is 11.5 Å². The van der Waals surface area contributed by atoms with E-state index in [4.69, 9.17) is 9.47 Å². The summed E-state index contributed by atoms with van der Waals surface area (Å²) in [5.41, 5.74) is 2.16. The van der Waals surface area contributed by atoms with Crippen molar-refractivity contribution in [2.45, 2.75) is 24.3 Å². The van der Waals surface area contributed by atoms with Gasteiger partial charge in [-0.15, -0.1) is 0 Å². The van der Waals surface area contributed by atoms with Crippen LogP contribution in [-0.2, 0) is 16.6 Å². The fraction of sp³-hybridized carbons (Fsp3) is 0.240. The Morgan fingerprint density at radius 1 is 1.00 bits per heavy atom. The van der Waals surface area contributed by atoms with Crippen LogP contribution in [0.5, 0.6) is 11.5 Å². The summed E-state index contributed by atoms with van der Waals surface area (Å²) >= 11 is 0. The van der Waals surface area contributed by atoms with Crippen LogP contribution in [0, 0.1) is 5.82 Å². The molecule has 0 bridgehead atoms. The highest BCUT2D eigenvalue weighted by Crippen LogP contribution is 2.29. The summed E-state index contributed by atoms with van der Waals surface area (Å²) in [4.78, 5) is 4.70. The summed E-state index contributed by atoms with van der Waals surface area (Å²) in [7, 11) is -1.94. The Hall–Kier alpha value is -3.23. The van der Waals surface area contributed by atoms with Crippen LogP contribution in [0.15, 0.2) is 76.6 Å². The van der Waals surface area contributed by atoms with E-state index < -0.39 is 10.0 Å². The molecule has 3 aromatic carbocycles. The van der Waals surface area contributed by atoms with E-state index >= 15 is 0 Å². The van der Waals surface area contributed by atoms with E-state index in [0.29, 0.717) is 30.3 Å². The molecule has 3 aromatic rings. The van der Waals surface area contributed by atoms with Gasteiger partial charge in [-0.2, -0.15) is 4.31 Å². The van der Waals surface area contributed by atoms with E-state index in [2.05, 4.69) is 4.99 Å². The minimum absolute atomic E-state index is 0.251. The third-order valence-electron chi connectivity index (χ3n) is 5.38. The van der Waals surface area contributed by atoms with E-state index in [1.54, 1.807) is 61.9 Å². The molecule has 1 heterocycles. The largest absolute Gasteiger partial charge is 0.493 e. The Kier molecular flexibility index (Phi) is 7.05. The van der Waals surface area contributed by atoms with Gasteiger partial charge in [-0.1, -0.05) is 18.2 Å². The highest BCUT2D eigenvalue weighted by Gasteiger charge is 2.27. The molecular weight excluding hydrogens is 443 g/mol. The van der Waals surface area contributed by atoms with Crippen molar-refractivity contribution in [3.05, 3.63) is 83.7 Å². The van der Waals surface area contributed by atoms with Crippen molar-refractivity contribution in [2.75, 3.05) is 20.2 Å². The van der Waals surface area contributed by atoms with Gasteiger partial charge in [0.25, 0.3) is 0 Å².